The minimum Gasteiger partial charge on any atom is -0.310 e. The smallest absolute Gasteiger partial charge is 0.0652 e. The number of hydrogen-bond donors (Lipinski definition) is 1. The summed E-state index contributed by atoms with van der Waals surface area (Å²) >= 11 is 18.5. The van der Waals surface area contributed by atoms with E-state index < -0.39 is 0 Å². The Bertz CT molecular complexity index is 492. The van der Waals surface area contributed by atoms with Crippen molar-refractivity contribution in [3.05, 3.63) is 32.8 Å². The molecule has 0 radical (unpaired) electrons. The van der Waals surface area contributed by atoms with Crippen LogP contribution in [-0.2, 0) is 6.54 Å². The molecule has 5 heteroatoms. The number of halogens is 3. The topological polar surface area (TPSA) is 15.3 Å². The summed E-state index contributed by atoms with van der Waals surface area (Å²) in [5.41, 5.74) is 0.912. The van der Waals surface area contributed by atoms with Crippen molar-refractivity contribution in [2.24, 2.45) is 0 Å². The number of hydrogen-bond acceptors (Lipinski definition) is 2. The van der Waals surface area contributed by atoms with Gasteiger partial charge < -0.3 is 10.2 Å². The van der Waals surface area contributed by atoms with Crippen LogP contribution in [0.4, 0.5) is 0 Å². The third kappa shape index (κ3) is 3.10. The van der Waals surface area contributed by atoms with Crippen molar-refractivity contribution in [2.75, 3.05) is 13.1 Å². The molecule has 1 aromatic carbocycles. The van der Waals surface area contributed by atoms with E-state index in [0.717, 1.165) is 11.6 Å². The lowest BCUT2D eigenvalue weighted by Gasteiger charge is -2.35. The summed E-state index contributed by atoms with van der Waals surface area (Å²) in [7, 11) is 0. The van der Waals surface area contributed by atoms with E-state index in [1.54, 1.807) is 6.07 Å². The number of fused-ring (bicyclic) bond motifs is 1. The molecule has 2 aliphatic heterocycles. The van der Waals surface area contributed by atoms with Crippen molar-refractivity contribution in [3.63, 3.8) is 0 Å². The van der Waals surface area contributed by atoms with Crippen LogP contribution in [0.3, 0.4) is 0 Å². The average molecular weight is 334 g/mol. The first-order valence-corrected chi connectivity index (χ1v) is 8.38. The molecule has 2 fully saturated rings. The second-order valence-corrected chi connectivity index (χ2v) is 6.95. The highest BCUT2D eigenvalue weighted by atomic mass is 35.5. The Labute approximate surface area is 135 Å². The molecule has 2 heterocycles. The van der Waals surface area contributed by atoms with E-state index in [0.29, 0.717) is 27.7 Å². The maximum atomic E-state index is 6.24. The Balaban J connectivity index is 1.61. The molecule has 2 atom stereocenters. The minimum atomic E-state index is 0.556. The number of benzene rings is 1. The van der Waals surface area contributed by atoms with E-state index in [9.17, 15) is 0 Å². The van der Waals surface area contributed by atoms with Crippen molar-refractivity contribution in [2.45, 2.75) is 44.3 Å². The summed E-state index contributed by atoms with van der Waals surface area (Å²) in [6.45, 7) is 3.18. The summed E-state index contributed by atoms with van der Waals surface area (Å²) in [6, 6.07) is 4.88. The first kappa shape index (κ1) is 14.9. The summed E-state index contributed by atoms with van der Waals surface area (Å²) in [5.74, 6) is 0. The van der Waals surface area contributed by atoms with E-state index >= 15 is 0 Å². The van der Waals surface area contributed by atoms with Crippen molar-refractivity contribution in [1.82, 2.24) is 10.2 Å². The lowest BCUT2D eigenvalue weighted by Crippen LogP contribution is -2.45. The predicted octanol–water partition coefficient (Wildman–Crippen LogP) is 4.36. The van der Waals surface area contributed by atoms with Gasteiger partial charge in [-0.05, 0) is 50.9 Å². The van der Waals surface area contributed by atoms with E-state index in [2.05, 4.69) is 10.2 Å². The zero-order valence-corrected chi connectivity index (χ0v) is 13.6. The van der Waals surface area contributed by atoms with Crippen LogP contribution in [0, 0.1) is 0 Å². The predicted molar refractivity (Wildman–Crippen MR) is 85.9 cm³/mol. The van der Waals surface area contributed by atoms with Gasteiger partial charge in [0.15, 0.2) is 0 Å². The molecule has 2 saturated heterocycles. The molecule has 0 aliphatic carbocycles. The lowest BCUT2D eigenvalue weighted by atomic mass is 9.97. The molecular formula is C15H19Cl3N2. The minimum absolute atomic E-state index is 0.556. The average Bonchev–Trinajstić information content (AvgIpc) is 2.90. The normalized spacial score (nSPS) is 26.8. The van der Waals surface area contributed by atoms with Crippen molar-refractivity contribution in [3.8, 4) is 0 Å². The van der Waals surface area contributed by atoms with Gasteiger partial charge in [0.05, 0.1) is 10.0 Å². The molecule has 110 valence electrons. The van der Waals surface area contributed by atoms with Crippen LogP contribution in [-0.4, -0.2) is 30.1 Å². The number of nitrogens with one attached hydrogen (secondary N) is 1. The highest BCUT2D eigenvalue weighted by Gasteiger charge is 2.31. The number of nitrogens with zero attached hydrogens (tertiary/aromatic N) is 1. The SMILES string of the molecule is Clc1ccc(Cl)c(CNC2CCN3CCCC3C2)c1Cl. The third-order valence-corrected chi connectivity index (χ3v) is 5.72. The molecule has 1 aromatic rings. The van der Waals surface area contributed by atoms with Crippen molar-refractivity contribution >= 4 is 34.8 Å². The second-order valence-electron chi connectivity index (χ2n) is 5.76. The fourth-order valence-electron chi connectivity index (χ4n) is 3.39. The molecule has 3 rings (SSSR count). The molecule has 2 aliphatic rings. The molecule has 0 amide bonds. The Morgan fingerprint density at radius 2 is 1.90 bits per heavy atom. The molecule has 0 spiro atoms. The Morgan fingerprint density at radius 3 is 2.75 bits per heavy atom. The first-order valence-electron chi connectivity index (χ1n) is 7.25. The quantitative estimate of drug-likeness (QED) is 0.827. The van der Waals surface area contributed by atoms with E-state index in [1.165, 1.54) is 38.8 Å². The van der Waals surface area contributed by atoms with Gasteiger partial charge in [-0.2, -0.15) is 0 Å². The largest absolute Gasteiger partial charge is 0.310 e. The maximum absolute atomic E-state index is 6.24. The molecule has 1 N–H and O–H groups in total. The van der Waals surface area contributed by atoms with Gasteiger partial charge in [-0.3, -0.25) is 0 Å². The fraction of sp³-hybridized carbons (Fsp3) is 0.600. The standard InChI is InChI=1S/C15H19Cl3N2/c16-13-3-4-14(17)15(18)12(13)9-19-10-5-7-20-6-1-2-11(20)8-10/h3-4,10-11,19H,1-2,5-9H2. The number of rotatable bonds is 3. The molecule has 0 aromatic heterocycles. The van der Waals surface area contributed by atoms with Gasteiger partial charge in [-0.15, -0.1) is 0 Å². The van der Waals surface area contributed by atoms with Gasteiger partial charge in [0.2, 0.25) is 0 Å². The van der Waals surface area contributed by atoms with Gasteiger partial charge in [-0.25, -0.2) is 0 Å². The fourth-order valence-corrected chi connectivity index (χ4v) is 4.07. The van der Waals surface area contributed by atoms with Crippen molar-refractivity contribution < 1.29 is 0 Å². The molecular weight excluding hydrogens is 315 g/mol. The molecule has 20 heavy (non-hydrogen) atoms. The molecule has 2 nitrogen and oxygen atoms in total. The lowest BCUT2D eigenvalue weighted by molar-refractivity contribution is 0.166. The summed E-state index contributed by atoms with van der Waals surface area (Å²) < 4.78 is 0. The first-order chi connectivity index (χ1) is 9.65. The highest BCUT2D eigenvalue weighted by molar-refractivity contribution is 6.44. The van der Waals surface area contributed by atoms with Gasteiger partial charge >= 0.3 is 0 Å². The van der Waals surface area contributed by atoms with Crippen molar-refractivity contribution in [1.29, 1.82) is 0 Å². The molecule has 2 unspecified atom stereocenters. The summed E-state index contributed by atoms with van der Waals surface area (Å²) in [4.78, 5) is 2.62. The Kier molecular flexibility index (Phi) is 4.79. The van der Waals surface area contributed by atoms with Crippen LogP contribution < -0.4 is 5.32 Å². The summed E-state index contributed by atoms with van der Waals surface area (Å²) in [5, 5.41) is 5.43. The van der Waals surface area contributed by atoms with Crippen LogP contribution in [0.15, 0.2) is 12.1 Å². The van der Waals surface area contributed by atoms with Gasteiger partial charge in [0.25, 0.3) is 0 Å². The second kappa shape index (κ2) is 6.41. The van der Waals surface area contributed by atoms with E-state index in [-0.39, 0.29) is 0 Å². The third-order valence-electron chi connectivity index (χ3n) is 4.53. The van der Waals surface area contributed by atoms with Crippen LogP contribution in [0.25, 0.3) is 0 Å². The monoisotopic (exact) mass is 332 g/mol. The zero-order chi connectivity index (χ0) is 14.1. The highest BCUT2D eigenvalue weighted by Crippen LogP contribution is 2.32. The Morgan fingerprint density at radius 1 is 1.10 bits per heavy atom. The maximum Gasteiger partial charge on any atom is 0.0652 e. The Hall–Kier alpha value is 0.01000. The van der Waals surface area contributed by atoms with Crippen LogP contribution in [0.2, 0.25) is 15.1 Å². The van der Waals surface area contributed by atoms with Crippen LogP contribution in [0.1, 0.15) is 31.2 Å². The van der Waals surface area contributed by atoms with Crippen LogP contribution in [0.5, 0.6) is 0 Å². The van der Waals surface area contributed by atoms with Crippen LogP contribution >= 0.6 is 34.8 Å². The number of piperidine rings is 1. The zero-order valence-electron chi connectivity index (χ0n) is 11.3. The molecule has 0 saturated carbocycles. The van der Waals surface area contributed by atoms with Gasteiger partial charge in [0.1, 0.15) is 0 Å². The van der Waals surface area contributed by atoms with Gasteiger partial charge in [-0.1, -0.05) is 34.8 Å². The van der Waals surface area contributed by atoms with E-state index in [4.69, 9.17) is 34.8 Å². The molecule has 0 bridgehead atoms. The van der Waals surface area contributed by atoms with Gasteiger partial charge in [0, 0.05) is 29.2 Å². The summed E-state index contributed by atoms with van der Waals surface area (Å²) in [6.07, 6.45) is 5.13. The van der Waals surface area contributed by atoms with E-state index in [1.807, 2.05) is 6.07 Å².